The molecular weight excluding hydrogens is 573 g/mol. The third kappa shape index (κ3) is 7.20. The van der Waals surface area contributed by atoms with Crippen molar-refractivity contribution in [1.82, 2.24) is 10.2 Å². The van der Waals surface area contributed by atoms with Gasteiger partial charge in [0.25, 0.3) is 10.0 Å². The Morgan fingerprint density at radius 3 is 2.34 bits per heavy atom. The molecule has 0 unspecified atom stereocenters. The van der Waals surface area contributed by atoms with Crippen LogP contribution in [0, 0.1) is 12.7 Å². The van der Waals surface area contributed by atoms with E-state index in [9.17, 15) is 22.4 Å². The molecule has 0 fully saturated rings. The SMILES string of the molecule is CCCNC(=O)[C@H](C)N(Cc1ccccc1F)C(=O)CN(c1cccc(Br)c1)S(=O)(=O)c1ccc(C)cc1. The smallest absolute Gasteiger partial charge is 0.264 e. The van der Waals surface area contributed by atoms with Crippen LogP contribution in [0.5, 0.6) is 0 Å². The van der Waals surface area contributed by atoms with Crippen molar-refractivity contribution in [3.63, 3.8) is 0 Å². The molecular formula is C28H31BrFN3O4S. The van der Waals surface area contributed by atoms with Crippen LogP contribution in [0.2, 0.25) is 0 Å². The first kappa shape index (κ1) is 29.3. The molecule has 0 aromatic heterocycles. The molecule has 202 valence electrons. The lowest BCUT2D eigenvalue weighted by molar-refractivity contribution is -0.139. The van der Waals surface area contributed by atoms with Gasteiger partial charge in [0.2, 0.25) is 11.8 Å². The largest absolute Gasteiger partial charge is 0.354 e. The number of hydrogen-bond donors (Lipinski definition) is 1. The Labute approximate surface area is 231 Å². The van der Waals surface area contributed by atoms with Crippen LogP contribution in [0.15, 0.2) is 82.2 Å². The van der Waals surface area contributed by atoms with Crippen molar-refractivity contribution < 1.29 is 22.4 Å². The van der Waals surface area contributed by atoms with E-state index in [1.807, 2.05) is 13.8 Å². The maximum Gasteiger partial charge on any atom is 0.264 e. The van der Waals surface area contributed by atoms with E-state index in [0.717, 1.165) is 9.87 Å². The Balaban J connectivity index is 2.03. The number of amides is 2. The van der Waals surface area contributed by atoms with Gasteiger partial charge in [-0.05, 0) is 56.7 Å². The molecule has 1 N–H and O–H groups in total. The predicted molar refractivity (Wildman–Crippen MR) is 150 cm³/mol. The normalized spacial score (nSPS) is 12.0. The lowest BCUT2D eigenvalue weighted by atomic mass is 10.1. The average Bonchev–Trinajstić information content (AvgIpc) is 2.89. The predicted octanol–water partition coefficient (Wildman–Crippen LogP) is 5.04. The molecule has 3 aromatic rings. The second-order valence-electron chi connectivity index (χ2n) is 8.88. The fourth-order valence-electron chi connectivity index (χ4n) is 3.79. The van der Waals surface area contributed by atoms with Crippen molar-refractivity contribution >= 4 is 43.5 Å². The maximum atomic E-state index is 14.5. The number of sulfonamides is 1. The minimum absolute atomic E-state index is 0.0188. The summed E-state index contributed by atoms with van der Waals surface area (Å²) in [7, 11) is -4.17. The number of carbonyl (C=O) groups is 2. The van der Waals surface area contributed by atoms with Crippen LogP contribution in [0.25, 0.3) is 0 Å². The van der Waals surface area contributed by atoms with Crippen LogP contribution < -0.4 is 9.62 Å². The summed E-state index contributed by atoms with van der Waals surface area (Å²) in [6, 6.07) is 17.9. The molecule has 0 aliphatic heterocycles. The molecule has 0 aliphatic carbocycles. The number of nitrogens with one attached hydrogen (secondary N) is 1. The molecule has 0 saturated carbocycles. The molecule has 1 atom stereocenters. The lowest BCUT2D eigenvalue weighted by Crippen LogP contribution is -2.51. The second-order valence-corrected chi connectivity index (χ2v) is 11.7. The van der Waals surface area contributed by atoms with Gasteiger partial charge in [0.1, 0.15) is 18.4 Å². The summed E-state index contributed by atoms with van der Waals surface area (Å²) >= 11 is 3.37. The first-order valence-electron chi connectivity index (χ1n) is 12.2. The fourth-order valence-corrected chi connectivity index (χ4v) is 5.58. The first-order chi connectivity index (χ1) is 18.0. The highest BCUT2D eigenvalue weighted by Crippen LogP contribution is 2.27. The van der Waals surface area contributed by atoms with E-state index in [1.54, 1.807) is 49.4 Å². The van der Waals surface area contributed by atoms with Gasteiger partial charge in [-0.3, -0.25) is 13.9 Å². The molecule has 7 nitrogen and oxygen atoms in total. The Bertz CT molecular complexity index is 1380. The number of halogens is 2. The van der Waals surface area contributed by atoms with Crippen molar-refractivity contribution in [3.8, 4) is 0 Å². The van der Waals surface area contributed by atoms with Crippen LogP contribution in [0.1, 0.15) is 31.4 Å². The number of aryl methyl sites for hydroxylation is 1. The topological polar surface area (TPSA) is 86.8 Å². The zero-order valence-electron chi connectivity index (χ0n) is 21.5. The van der Waals surface area contributed by atoms with Gasteiger partial charge in [-0.25, -0.2) is 12.8 Å². The first-order valence-corrected chi connectivity index (χ1v) is 14.4. The van der Waals surface area contributed by atoms with Gasteiger partial charge in [-0.15, -0.1) is 0 Å². The molecule has 38 heavy (non-hydrogen) atoms. The van der Waals surface area contributed by atoms with Crippen LogP contribution in [-0.2, 0) is 26.2 Å². The molecule has 3 rings (SSSR count). The van der Waals surface area contributed by atoms with Gasteiger partial charge in [-0.2, -0.15) is 0 Å². The van der Waals surface area contributed by atoms with Gasteiger partial charge in [0.05, 0.1) is 10.6 Å². The van der Waals surface area contributed by atoms with Crippen LogP contribution in [0.4, 0.5) is 10.1 Å². The molecule has 3 aromatic carbocycles. The Hall–Kier alpha value is -3.24. The molecule has 2 amide bonds. The lowest BCUT2D eigenvalue weighted by Gasteiger charge is -2.32. The third-order valence-electron chi connectivity index (χ3n) is 6.00. The number of benzene rings is 3. The zero-order chi connectivity index (χ0) is 27.9. The minimum Gasteiger partial charge on any atom is -0.354 e. The molecule has 0 spiro atoms. The highest BCUT2D eigenvalue weighted by atomic mass is 79.9. The summed E-state index contributed by atoms with van der Waals surface area (Å²) in [5, 5.41) is 2.76. The summed E-state index contributed by atoms with van der Waals surface area (Å²) in [5.41, 5.74) is 1.37. The average molecular weight is 605 g/mol. The number of rotatable bonds is 11. The van der Waals surface area contributed by atoms with Crippen LogP contribution >= 0.6 is 15.9 Å². The summed E-state index contributed by atoms with van der Waals surface area (Å²) in [4.78, 5) is 27.8. The van der Waals surface area contributed by atoms with E-state index >= 15 is 0 Å². The van der Waals surface area contributed by atoms with E-state index in [2.05, 4.69) is 21.2 Å². The Kier molecular flexibility index (Phi) is 10.0. The quantitative estimate of drug-likeness (QED) is 0.333. The number of carbonyl (C=O) groups excluding carboxylic acids is 2. The molecule has 0 heterocycles. The second kappa shape index (κ2) is 13.0. The van der Waals surface area contributed by atoms with E-state index in [-0.39, 0.29) is 22.7 Å². The van der Waals surface area contributed by atoms with E-state index in [0.29, 0.717) is 17.4 Å². The number of nitrogens with zero attached hydrogens (tertiary/aromatic N) is 2. The molecule has 10 heteroatoms. The highest BCUT2D eigenvalue weighted by Gasteiger charge is 2.32. The Morgan fingerprint density at radius 1 is 1.03 bits per heavy atom. The Morgan fingerprint density at radius 2 is 1.71 bits per heavy atom. The molecule has 0 saturated heterocycles. The van der Waals surface area contributed by atoms with E-state index in [1.165, 1.54) is 35.2 Å². The van der Waals surface area contributed by atoms with E-state index in [4.69, 9.17) is 0 Å². The van der Waals surface area contributed by atoms with Crippen molar-refractivity contribution in [2.24, 2.45) is 0 Å². The fraction of sp³-hybridized carbons (Fsp3) is 0.286. The molecule has 0 aliphatic rings. The standard InChI is InChI=1S/C28H31BrFN3O4S/c1-4-16-31-28(35)21(3)32(18-22-8-5-6-11-26(22)30)27(34)19-33(24-10-7-9-23(29)17-24)38(36,37)25-14-12-20(2)13-15-25/h5-15,17,21H,4,16,18-19H2,1-3H3,(H,31,35)/t21-/m0/s1. The molecule has 0 radical (unpaired) electrons. The van der Waals surface area contributed by atoms with Gasteiger partial charge in [-0.1, -0.05) is 64.8 Å². The maximum absolute atomic E-state index is 14.5. The van der Waals surface area contributed by atoms with Crippen molar-refractivity contribution in [1.29, 1.82) is 0 Å². The van der Waals surface area contributed by atoms with Crippen LogP contribution in [-0.4, -0.2) is 44.3 Å². The monoisotopic (exact) mass is 603 g/mol. The van der Waals surface area contributed by atoms with Crippen molar-refractivity contribution in [2.75, 3.05) is 17.4 Å². The molecule has 0 bridgehead atoms. The van der Waals surface area contributed by atoms with Gasteiger partial charge in [0, 0.05) is 23.1 Å². The van der Waals surface area contributed by atoms with Gasteiger partial charge < -0.3 is 10.2 Å². The van der Waals surface area contributed by atoms with Gasteiger partial charge >= 0.3 is 0 Å². The van der Waals surface area contributed by atoms with Crippen molar-refractivity contribution in [2.45, 2.75) is 44.7 Å². The van der Waals surface area contributed by atoms with Crippen LogP contribution in [0.3, 0.4) is 0 Å². The number of anilines is 1. The highest BCUT2D eigenvalue weighted by molar-refractivity contribution is 9.10. The van der Waals surface area contributed by atoms with E-state index < -0.39 is 40.2 Å². The zero-order valence-corrected chi connectivity index (χ0v) is 23.9. The summed E-state index contributed by atoms with van der Waals surface area (Å²) in [6.45, 7) is 4.91. The van der Waals surface area contributed by atoms with Gasteiger partial charge in [0.15, 0.2) is 0 Å². The third-order valence-corrected chi connectivity index (χ3v) is 8.28. The summed E-state index contributed by atoms with van der Waals surface area (Å²) in [6.07, 6.45) is 0.700. The van der Waals surface area contributed by atoms with Crippen molar-refractivity contribution in [3.05, 3.63) is 94.2 Å². The summed E-state index contributed by atoms with van der Waals surface area (Å²) in [5.74, 6) is -1.59. The summed E-state index contributed by atoms with van der Waals surface area (Å²) < 4.78 is 43.7. The minimum atomic E-state index is -4.17. The number of hydrogen-bond acceptors (Lipinski definition) is 4.